The van der Waals surface area contributed by atoms with Crippen molar-refractivity contribution in [2.45, 2.75) is 31.7 Å². The highest BCUT2D eigenvalue weighted by atomic mass is 127. The molecule has 1 N–H and O–H groups in total. The number of fused-ring (bicyclic) bond motifs is 1. The molecule has 3 rings (SSSR count). The Labute approximate surface area is 169 Å². The van der Waals surface area contributed by atoms with Crippen LogP contribution in [0.1, 0.15) is 24.5 Å². The molecule has 0 aliphatic carbocycles. The number of guanidine groups is 1. The number of rotatable bonds is 3. The Morgan fingerprint density at radius 3 is 3.08 bits per heavy atom. The van der Waals surface area contributed by atoms with Gasteiger partial charge in [-0.15, -0.1) is 24.0 Å². The second kappa shape index (κ2) is 9.82. The number of ether oxygens (including phenoxy) is 2. The maximum absolute atomic E-state index is 13.8. The number of benzene rings is 1. The average molecular weight is 481 g/mol. The van der Waals surface area contributed by atoms with Gasteiger partial charge in [0.2, 0.25) is 0 Å². The van der Waals surface area contributed by atoms with E-state index in [1.54, 1.807) is 7.05 Å². The number of aliphatic imine (C=N–C) groups is 1. The van der Waals surface area contributed by atoms with Gasteiger partial charge in [-0.1, -0.05) is 6.92 Å². The van der Waals surface area contributed by atoms with E-state index in [9.17, 15) is 4.39 Å². The van der Waals surface area contributed by atoms with Gasteiger partial charge < -0.3 is 19.7 Å². The van der Waals surface area contributed by atoms with Crippen LogP contribution >= 0.6 is 35.7 Å². The Morgan fingerprint density at radius 1 is 1.48 bits per heavy atom. The molecule has 0 spiro atoms. The summed E-state index contributed by atoms with van der Waals surface area (Å²) in [6.45, 7) is 5.26. The maximum Gasteiger partial charge on any atom is 0.193 e. The third-order valence-corrected chi connectivity index (χ3v) is 5.67. The van der Waals surface area contributed by atoms with Gasteiger partial charge in [-0.25, -0.2) is 4.39 Å². The summed E-state index contributed by atoms with van der Waals surface area (Å²) in [4.78, 5) is 6.67. The zero-order valence-electron chi connectivity index (χ0n) is 14.6. The van der Waals surface area contributed by atoms with Crippen LogP contribution in [0.25, 0.3) is 0 Å². The SMILES string of the molecule is CCC1CN(C(=NC)NCc2cc(F)cc3c2OCOC3)CCS1.I. The maximum atomic E-state index is 13.8. The molecule has 0 radical (unpaired) electrons. The highest BCUT2D eigenvalue weighted by Crippen LogP contribution is 2.29. The number of hydrogen-bond acceptors (Lipinski definition) is 4. The predicted molar refractivity (Wildman–Crippen MR) is 110 cm³/mol. The topological polar surface area (TPSA) is 46.1 Å². The molecule has 1 atom stereocenters. The Morgan fingerprint density at radius 2 is 2.32 bits per heavy atom. The molecule has 2 aliphatic heterocycles. The fourth-order valence-corrected chi connectivity index (χ4v) is 4.23. The van der Waals surface area contributed by atoms with Crippen LogP contribution in [-0.2, 0) is 17.9 Å². The van der Waals surface area contributed by atoms with Crippen molar-refractivity contribution in [2.75, 3.05) is 32.7 Å². The first kappa shape index (κ1) is 20.6. The van der Waals surface area contributed by atoms with E-state index >= 15 is 0 Å². The molecule has 140 valence electrons. The van der Waals surface area contributed by atoms with Crippen molar-refractivity contribution in [3.8, 4) is 5.75 Å². The van der Waals surface area contributed by atoms with E-state index in [1.165, 1.54) is 12.1 Å². The summed E-state index contributed by atoms with van der Waals surface area (Å²) in [6, 6.07) is 2.99. The van der Waals surface area contributed by atoms with Gasteiger partial charge in [0, 0.05) is 48.8 Å². The molecule has 0 amide bonds. The number of halogens is 2. The molecule has 1 saturated heterocycles. The van der Waals surface area contributed by atoms with Gasteiger partial charge >= 0.3 is 0 Å². The lowest BCUT2D eigenvalue weighted by molar-refractivity contribution is -0.0173. The van der Waals surface area contributed by atoms with Crippen molar-refractivity contribution in [1.29, 1.82) is 0 Å². The van der Waals surface area contributed by atoms with Crippen molar-refractivity contribution in [2.24, 2.45) is 4.99 Å². The fraction of sp³-hybridized carbons (Fsp3) is 0.588. The first-order chi connectivity index (χ1) is 11.7. The Hall–Kier alpha value is -0.740. The molecule has 1 unspecified atom stereocenters. The second-order valence-corrected chi connectivity index (χ2v) is 7.32. The number of nitrogens with zero attached hydrogens (tertiary/aromatic N) is 2. The smallest absolute Gasteiger partial charge is 0.193 e. The van der Waals surface area contributed by atoms with E-state index < -0.39 is 0 Å². The molecule has 2 heterocycles. The van der Waals surface area contributed by atoms with Gasteiger partial charge in [0.15, 0.2) is 12.8 Å². The van der Waals surface area contributed by atoms with Crippen molar-refractivity contribution in [3.63, 3.8) is 0 Å². The minimum Gasteiger partial charge on any atom is -0.467 e. The van der Waals surface area contributed by atoms with Gasteiger partial charge in [-0.2, -0.15) is 11.8 Å². The van der Waals surface area contributed by atoms with Crippen molar-refractivity contribution >= 4 is 41.7 Å². The van der Waals surface area contributed by atoms with E-state index in [2.05, 4.69) is 22.1 Å². The summed E-state index contributed by atoms with van der Waals surface area (Å²) in [5, 5.41) is 4.00. The Bertz CT molecular complexity index is 618. The van der Waals surface area contributed by atoms with Gasteiger partial charge in [-0.05, 0) is 18.6 Å². The molecular formula is C17H25FIN3O2S. The van der Waals surface area contributed by atoms with E-state index in [-0.39, 0.29) is 36.6 Å². The second-order valence-electron chi connectivity index (χ2n) is 5.91. The zero-order chi connectivity index (χ0) is 16.9. The summed E-state index contributed by atoms with van der Waals surface area (Å²) in [6.07, 6.45) is 1.16. The normalized spacial score (nSPS) is 20.4. The summed E-state index contributed by atoms with van der Waals surface area (Å²) in [7, 11) is 1.79. The first-order valence-electron chi connectivity index (χ1n) is 8.30. The molecular weight excluding hydrogens is 456 g/mol. The molecule has 1 aromatic rings. The summed E-state index contributed by atoms with van der Waals surface area (Å²) in [5.41, 5.74) is 1.56. The zero-order valence-corrected chi connectivity index (χ0v) is 17.7. The molecule has 0 bridgehead atoms. The van der Waals surface area contributed by atoms with E-state index in [4.69, 9.17) is 9.47 Å². The molecule has 1 fully saturated rings. The standard InChI is InChI=1S/C17H24FN3O2S.HI/c1-3-15-9-21(4-5-24-15)17(19-2)20-8-12-6-14(18)7-13-10-22-11-23-16(12)13;/h6-7,15H,3-5,8-11H2,1-2H3,(H,19,20);1H. The average Bonchev–Trinajstić information content (AvgIpc) is 2.62. The molecule has 5 nitrogen and oxygen atoms in total. The molecule has 0 saturated carbocycles. The lowest BCUT2D eigenvalue weighted by atomic mass is 10.1. The summed E-state index contributed by atoms with van der Waals surface area (Å²) in [5.74, 6) is 2.43. The highest BCUT2D eigenvalue weighted by molar-refractivity contribution is 14.0. The van der Waals surface area contributed by atoms with Gasteiger partial charge in [-0.3, -0.25) is 4.99 Å². The highest BCUT2D eigenvalue weighted by Gasteiger charge is 2.22. The molecule has 1 aromatic carbocycles. The van der Waals surface area contributed by atoms with Crippen LogP contribution in [-0.4, -0.2) is 48.8 Å². The summed E-state index contributed by atoms with van der Waals surface area (Å²) >= 11 is 2.02. The molecule has 2 aliphatic rings. The van der Waals surface area contributed by atoms with Crippen LogP contribution in [0.4, 0.5) is 4.39 Å². The Balaban J connectivity index is 0.00000225. The van der Waals surface area contributed by atoms with Crippen LogP contribution in [0.5, 0.6) is 5.75 Å². The van der Waals surface area contributed by atoms with Crippen LogP contribution < -0.4 is 10.1 Å². The van der Waals surface area contributed by atoms with Gasteiger partial charge in [0.25, 0.3) is 0 Å². The Kier molecular flexibility index (Phi) is 8.08. The van der Waals surface area contributed by atoms with E-state index in [0.717, 1.165) is 48.1 Å². The number of thioether (sulfide) groups is 1. The van der Waals surface area contributed by atoms with Crippen molar-refractivity contribution in [3.05, 3.63) is 29.1 Å². The first-order valence-corrected chi connectivity index (χ1v) is 9.35. The van der Waals surface area contributed by atoms with Crippen LogP contribution in [0, 0.1) is 5.82 Å². The van der Waals surface area contributed by atoms with E-state index in [1.807, 2.05) is 11.8 Å². The van der Waals surface area contributed by atoms with E-state index in [0.29, 0.717) is 18.4 Å². The van der Waals surface area contributed by atoms with Crippen LogP contribution in [0.2, 0.25) is 0 Å². The van der Waals surface area contributed by atoms with Crippen molar-refractivity contribution < 1.29 is 13.9 Å². The molecule has 8 heteroatoms. The lowest BCUT2D eigenvalue weighted by Crippen LogP contribution is -2.47. The van der Waals surface area contributed by atoms with Crippen LogP contribution in [0.3, 0.4) is 0 Å². The molecule has 0 aromatic heterocycles. The quantitative estimate of drug-likeness (QED) is 0.408. The largest absolute Gasteiger partial charge is 0.467 e. The predicted octanol–water partition coefficient (Wildman–Crippen LogP) is 3.21. The monoisotopic (exact) mass is 481 g/mol. The van der Waals surface area contributed by atoms with Gasteiger partial charge in [0.05, 0.1) is 6.61 Å². The number of hydrogen-bond donors (Lipinski definition) is 1. The number of nitrogens with one attached hydrogen (secondary N) is 1. The lowest BCUT2D eigenvalue weighted by Gasteiger charge is -2.34. The minimum atomic E-state index is -0.268. The van der Waals surface area contributed by atoms with Gasteiger partial charge in [0.1, 0.15) is 11.6 Å². The third kappa shape index (κ3) is 5.13. The van der Waals surface area contributed by atoms with Crippen LogP contribution in [0.15, 0.2) is 17.1 Å². The molecule has 25 heavy (non-hydrogen) atoms. The third-order valence-electron chi connectivity index (χ3n) is 4.29. The van der Waals surface area contributed by atoms with Crippen molar-refractivity contribution in [1.82, 2.24) is 10.2 Å². The minimum absolute atomic E-state index is 0. The summed E-state index contributed by atoms with van der Waals surface area (Å²) < 4.78 is 24.6. The fourth-order valence-electron chi connectivity index (χ4n) is 3.05.